The van der Waals surface area contributed by atoms with Crippen LogP contribution in [0.25, 0.3) is 0 Å². The van der Waals surface area contributed by atoms with E-state index >= 15 is 0 Å². The van der Waals surface area contributed by atoms with E-state index < -0.39 is 17.2 Å². The van der Waals surface area contributed by atoms with Crippen LogP contribution in [0.2, 0.25) is 0 Å². The minimum Gasteiger partial charge on any atom is -0.469 e. The minimum absolute atomic E-state index is 0.142. The molecule has 1 unspecified atom stereocenters. The Morgan fingerprint density at radius 2 is 1.78 bits per heavy atom. The van der Waals surface area contributed by atoms with E-state index in [1.165, 1.54) is 12.0 Å². The molecule has 0 aromatic carbocycles. The van der Waals surface area contributed by atoms with Gasteiger partial charge < -0.3 is 9.47 Å². The van der Waals surface area contributed by atoms with Gasteiger partial charge in [-0.15, -0.1) is 0 Å². The molecule has 1 aliphatic carbocycles. The molecule has 130 valence electrons. The van der Waals surface area contributed by atoms with E-state index in [9.17, 15) is 14.4 Å². The van der Waals surface area contributed by atoms with Crippen LogP contribution in [0.15, 0.2) is 0 Å². The van der Waals surface area contributed by atoms with E-state index in [1.807, 2.05) is 6.92 Å². The molecule has 6 nitrogen and oxygen atoms in total. The maximum atomic E-state index is 12.6. The van der Waals surface area contributed by atoms with Crippen LogP contribution >= 0.6 is 0 Å². The minimum atomic E-state index is -0.645. The smallest absolute Gasteiger partial charge is 0.417 e. The predicted octanol–water partition coefficient (Wildman–Crippen LogP) is 2.89. The van der Waals surface area contributed by atoms with E-state index in [-0.39, 0.29) is 23.7 Å². The number of esters is 1. The number of hydrogen-bond donors (Lipinski definition) is 0. The van der Waals surface area contributed by atoms with Crippen molar-refractivity contribution in [1.82, 2.24) is 4.90 Å². The van der Waals surface area contributed by atoms with Crippen LogP contribution in [-0.2, 0) is 19.1 Å². The Bertz CT molecular complexity index is 500. The molecule has 0 radical (unpaired) electrons. The van der Waals surface area contributed by atoms with Crippen LogP contribution < -0.4 is 0 Å². The first-order valence-electron chi connectivity index (χ1n) is 8.24. The lowest BCUT2D eigenvalue weighted by molar-refractivity contribution is -0.147. The summed E-state index contributed by atoms with van der Waals surface area (Å²) >= 11 is 0. The molecule has 1 saturated carbocycles. The summed E-state index contributed by atoms with van der Waals surface area (Å²) in [5.74, 6) is -0.717. The van der Waals surface area contributed by atoms with Crippen molar-refractivity contribution >= 4 is 18.0 Å². The second kappa shape index (κ2) is 6.13. The summed E-state index contributed by atoms with van der Waals surface area (Å²) in [6.45, 7) is 7.21. The molecule has 2 amide bonds. The average Bonchev–Trinajstić information content (AvgIpc) is 2.68. The van der Waals surface area contributed by atoms with Crippen molar-refractivity contribution in [2.24, 2.45) is 11.8 Å². The van der Waals surface area contributed by atoms with Crippen LogP contribution in [0.1, 0.15) is 59.8 Å². The van der Waals surface area contributed by atoms with Gasteiger partial charge in [-0.05, 0) is 52.9 Å². The Hall–Kier alpha value is -1.59. The first-order chi connectivity index (χ1) is 10.6. The largest absolute Gasteiger partial charge is 0.469 e. The van der Waals surface area contributed by atoms with Crippen molar-refractivity contribution < 1.29 is 23.9 Å². The quantitative estimate of drug-likeness (QED) is 0.693. The molecule has 6 heteroatoms. The molecule has 2 aliphatic rings. The Kier molecular flexibility index (Phi) is 4.74. The molecule has 23 heavy (non-hydrogen) atoms. The zero-order valence-corrected chi connectivity index (χ0v) is 14.7. The van der Waals surface area contributed by atoms with Crippen molar-refractivity contribution in [3.63, 3.8) is 0 Å². The normalized spacial score (nSPS) is 31.3. The van der Waals surface area contributed by atoms with Crippen LogP contribution in [0, 0.1) is 11.8 Å². The third-order valence-electron chi connectivity index (χ3n) is 4.83. The maximum Gasteiger partial charge on any atom is 0.417 e. The summed E-state index contributed by atoms with van der Waals surface area (Å²) in [6, 6.07) is 0. The molecule has 1 atom stereocenters. The molecule has 1 heterocycles. The van der Waals surface area contributed by atoms with Crippen molar-refractivity contribution in [2.75, 3.05) is 7.11 Å². The monoisotopic (exact) mass is 325 g/mol. The van der Waals surface area contributed by atoms with E-state index in [0.717, 1.165) is 0 Å². The summed E-state index contributed by atoms with van der Waals surface area (Å²) in [7, 11) is 1.39. The summed E-state index contributed by atoms with van der Waals surface area (Å²) in [5.41, 5.74) is -1.16. The fraction of sp³-hybridized carbons (Fsp3) is 0.824. The van der Waals surface area contributed by atoms with Gasteiger partial charge >= 0.3 is 12.1 Å². The Labute approximate surface area is 137 Å². The van der Waals surface area contributed by atoms with E-state index in [2.05, 4.69) is 0 Å². The number of rotatable bonds is 1. The van der Waals surface area contributed by atoms with Gasteiger partial charge in [0.1, 0.15) is 5.60 Å². The average molecular weight is 325 g/mol. The first kappa shape index (κ1) is 17.8. The zero-order chi connectivity index (χ0) is 17.4. The van der Waals surface area contributed by atoms with E-state index in [0.29, 0.717) is 32.1 Å². The molecule has 0 aromatic heterocycles. The fourth-order valence-electron chi connectivity index (χ4n) is 3.78. The van der Waals surface area contributed by atoms with Crippen LogP contribution in [0.5, 0.6) is 0 Å². The third-order valence-corrected chi connectivity index (χ3v) is 4.83. The number of methoxy groups -OCH3 is 1. The highest BCUT2D eigenvalue weighted by atomic mass is 16.6. The van der Waals surface area contributed by atoms with Crippen LogP contribution in [0.4, 0.5) is 4.79 Å². The molecule has 1 aliphatic heterocycles. The summed E-state index contributed by atoms with van der Waals surface area (Å²) in [6.07, 6.45) is 2.59. The Morgan fingerprint density at radius 1 is 1.22 bits per heavy atom. The summed E-state index contributed by atoms with van der Waals surface area (Å²) in [4.78, 5) is 38.1. The maximum absolute atomic E-state index is 12.6. The van der Waals surface area contributed by atoms with Gasteiger partial charge in [0.15, 0.2) is 0 Å². The fourth-order valence-corrected chi connectivity index (χ4v) is 3.78. The molecular formula is C17H27NO5. The van der Waals surface area contributed by atoms with Gasteiger partial charge in [-0.3, -0.25) is 9.59 Å². The van der Waals surface area contributed by atoms with Gasteiger partial charge in [0.2, 0.25) is 5.91 Å². The number of hydrogen-bond acceptors (Lipinski definition) is 5. The first-order valence-corrected chi connectivity index (χ1v) is 8.24. The standard InChI is InChI=1S/C17H27NO5/c1-11-10-17(8-6-12(7-9-17)14(20)22-5)18(13(11)19)15(21)23-16(2,3)4/h11-12H,6-10H2,1-5H3/t11?,12-,17-. The molecule has 0 aromatic rings. The van der Waals surface area contributed by atoms with Gasteiger partial charge in [0.05, 0.1) is 18.6 Å². The lowest BCUT2D eigenvalue weighted by Gasteiger charge is -2.42. The highest BCUT2D eigenvalue weighted by Gasteiger charge is 2.55. The number of carbonyl (C=O) groups is 3. The number of likely N-dealkylation sites (tertiary alicyclic amines) is 1. The molecule has 1 saturated heterocycles. The second-order valence-corrected chi connectivity index (χ2v) is 7.78. The third kappa shape index (κ3) is 3.51. The molecule has 2 fully saturated rings. The summed E-state index contributed by atoms with van der Waals surface area (Å²) < 4.78 is 10.2. The topological polar surface area (TPSA) is 72.9 Å². The van der Waals surface area contributed by atoms with Crippen LogP contribution in [0.3, 0.4) is 0 Å². The van der Waals surface area contributed by atoms with Crippen molar-refractivity contribution in [1.29, 1.82) is 0 Å². The molecule has 0 bridgehead atoms. The highest BCUT2D eigenvalue weighted by Crippen LogP contribution is 2.46. The zero-order valence-electron chi connectivity index (χ0n) is 14.7. The Balaban J connectivity index is 2.18. The number of amides is 2. The lowest BCUT2D eigenvalue weighted by atomic mass is 9.74. The van der Waals surface area contributed by atoms with E-state index in [1.54, 1.807) is 20.8 Å². The molecule has 1 spiro atoms. The Morgan fingerprint density at radius 3 is 2.26 bits per heavy atom. The second-order valence-electron chi connectivity index (χ2n) is 7.78. The molecular weight excluding hydrogens is 298 g/mol. The van der Waals surface area contributed by atoms with Gasteiger partial charge in [0, 0.05) is 5.92 Å². The molecule has 0 N–H and O–H groups in total. The van der Waals surface area contributed by atoms with Crippen molar-refractivity contribution in [2.45, 2.75) is 70.9 Å². The van der Waals surface area contributed by atoms with Gasteiger partial charge in [-0.1, -0.05) is 6.92 Å². The SMILES string of the molecule is COC(=O)[C@H]1CC[C@]2(CC1)CC(C)C(=O)N2C(=O)OC(C)(C)C. The predicted molar refractivity (Wildman–Crippen MR) is 83.6 cm³/mol. The number of ether oxygens (including phenoxy) is 2. The van der Waals surface area contributed by atoms with Gasteiger partial charge in [-0.2, -0.15) is 0 Å². The lowest BCUT2D eigenvalue weighted by Crippen LogP contribution is -2.53. The molecule has 2 rings (SSSR count). The number of nitrogens with zero attached hydrogens (tertiary/aromatic N) is 1. The highest BCUT2D eigenvalue weighted by molar-refractivity contribution is 5.96. The number of imide groups is 1. The van der Waals surface area contributed by atoms with Gasteiger partial charge in [-0.25, -0.2) is 9.69 Å². The number of carbonyl (C=O) groups excluding carboxylic acids is 3. The van der Waals surface area contributed by atoms with E-state index in [4.69, 9.17) is 9.47 Å². The van der Waals surface area contributed by atoms with Crippen molar-refractivity contribution in [3.05, 3.63) is 0 Å². The van der Waals surface area contributed by atoms with Crippen molar-refractivity contribution in [3.8, 4) is 0 Å². The summed E-state index contributed by atoms with van der Waals surface area (Å²) in [5, 5.41) is 0. The van der Waals surface area contributed by atoms with Gasteiger partial charge in [0.25, 0.3) is 0 Å². The van der Waals surface area contributed by atoms with Crippen LogP contribution in [-0.4, -0.2) is 41.1 Å².